The number of ether oxygens (including phenoxy) is 2. The molecule has 0 atom stereocenters. The van der Waals surface area contributed by atoms with E-state index in [4.69, 9.17) is 19.7 Å². The maximum absolute atomic E-state index is 5.95. The molecular weight excluding hydrogens is 248 g/mol. The second-order valence-corrected chi connectivity index (χ2v) is 4.17. The van der Waals surface area contributed by atoms with Crippen molar-refractivity contribution in [3.05, 3.63) is 23.8 Å². The molecule has 1 aromatic carbocycles. The van der Waals surface area contributed by atoms with Crippen LogP contribution in [-0.2, 0) is 6.54 Å². The number of anilines is 2. The van der Waals surface area contributed by atoms with E-state index < -0.39 is 0 Å². The molecular formula is C12H14N4O3. The Hall–Kier alpha value is -2.44. The lowest BCUT2D eigenvalue weighted by atomic mass is 10.2. The van der Waals surface area contributed by atoms with Crippen molar-refractivity contribution < 1.29 is 14.0 Å². The lowest BCUT2D eigenvalue weighted by molar-refractivity contribution is 0.172. The molecule has 0 aliphatic carbocycles. The molecule has 0 amide bonds. The first-order chi connectivity index (χ1) is 9.22. The second-order valence-electron chi connectivity index (χ2n) is 4.17. The van der Waals surface area contributed by atoms with Crippen molar-refractivity contribution in [2.45, 2.75) is 13.5 Å². The molecule has 0 saturated heterocycles. The van der Waals surface area contributed by atoms with Gasteiger partial charge >= 0.3 is 0 Å². The van der Waals surface area contributed by atoms with E-state index in [1.807, 2.05) is 6.07 Å². The van der Waals surface area contributed by atoms with Gasteiger partial charge < -0.3 is 25.0 Å². The number of nitrogens with two attached hydrogens (primary N) is 1. The van der Waals surface area contributed by atoms with Crippen molar-refractivity contribution in [1.29, 1.82) is 0 Å². The summed E-state index contributed by atoms with van der Waals surface area (Å²) in [6.45, 7) is 3.26. The Morgan fingerprint density at radius 1 is 1.26 bits per heavy atom. The summed E-state index contributed by atoms with van der Waals surface area (Å²) in [4.78, 5) is 4.11. The summed E-state index contributed by atoms with van der Waals surface area (Å²) in [5, 5.41) is 6.95. The molecule has 7 nitrogen and oxygen atoms in total. The van der Waals surface area contributed by atoms with Crippen LogP contribution in [-0.4, -0.2) is 23.4 Å². The fraction of sp³-hybridized carbons (Fsp3) is 0.333. The van der Waals surface area contributed by atoms with Gasteiger partial charge in [0.1, 0.15) is 13.2 Å². The van der Waals surface area contributed by atoms with Crippen LogP contribution >= 0.6 is 0 Å². The maximum Gasteiger partial charge on any atom is 0.223 e. The van der Waals surface area contributed by atoms with Gasteiger partial charge in [-0.3, -0.25) is 0 Å². The van der Waals surface area contributed by atoms with E-state index in [1.54, 1.807) is 13.0 Å². The highest BCUT2D eigenvalue weighted by Crippen LogP contribution is 2.36. The van der Waals surface area contributed by atoms with Gasteiger partial charge in [0.15, 0.2) is 17.3 Å². The van der Waals surface area contributed by atoms with Crippen molar-refractivity contribution in [3.8, 4) is 11.5 Å². The minimum Gasteiger partial charge on any atom is -0.486 e. The summed E-state index contributed by atoms with van der Waals surface area (Å²) >= 11 is 0. The Bertz CT molecular complexity index is 597. The van der Waals surface area contributed by atoms with Crippen molar-refractivity contribution in [1.82, 2.24) is 10.1 Å². The highest BCUT2D eigenvalue weighted by molar-refractivity contribution is 5.72. The van der Waals surface area contributed by atoms with Gasteiger partial charge in [0, 0.05) is 19.1 Å². The fourth-order valence-corrected chi connectivity index (χ4v) is 1.85. The molecule has 0 unspecified atom stereocenters. The third kappa shape index (κ3) is 2.40. The summed E-state index contributed by atoms with van der Waals surface area (Å²) in [6.07, 6.45) is 0. The number of aromatic nitrogens is 2. The molecule has 1 aromatic heterocycles. The van der Waals surface area contributed by atoms with Gasteiger partial charge in [-0.1, -0.05) is 5.16 Å². The third-order valence-electron chi connectivity index (χ3n) is 2.72. The predicted molar refractivity (Wildman–Crippen MR) is 68.2 cm³/mol. The summed E-state index contributed by atoms with van der Waals surface area (Å²) in [5.41, 5.74) is 7.30. The van der Waals surface area contributed by atoms with Crippen molar-refractivity contribution in [2.75, 3.05) is 24.3 Å². The first kappa shape index (κ1) is 11.6. The molecule has 0 fully saturated rings. The van der Waals surface area contributed by atoms with Gasteiger partial charge in [0.05, 0.1) is 17.9 Å². The monoisotopic (exact) mass is 262 g/mol. The van der Waals surface area contributed by atoms with Gasteiger partial charge in [-0.25, -0.2) is 0 Å². The van der Waals surface area contributed by atoms with Crippen LogP contribution in [0.15, 0.2) is 16.7 Å². The summed E-state index contributed by atoms with van der Waals surface area (Å²) in [7, 11) is 0. The van der Waals surface area contributed by atoms with Gasteiger partial charge in [-0.05, 0) is 0 Å². The molecule has 0 radical (unpaired) electrons. The SMILES string of the molecule is Cc1nc(CNc2cc3c(cc2N)OCCO3)no1. The molecule has 0 spiro atoms. The average molecular weight is 262 g/mol. The van der Waals surface area contributed by atoms with E-state index >= 15 is 0 Å². The van der Waals surface area contributed by atoms with Crippen LogP contribution in [0.5, 0.6) is 11.5 Å². The number of nitrogens with zero attached hydrogens (tertiary/aromatic N) is 2. The Labute approximate surface area is 109 Å². The van der Waals surface area contributed by atoms with Crippen LogP contribution in [0.1, 0.15) is 11.7 Å². The first-order valence-electron chi connectivity index (χ1n) is 5.94. The average Bonchev–Trinajstić information content (AvgIpc) is 2.82. The number of aryl methyl sites for hydroxylation is 1. The molecule has 3 N–H and O–H groups in total. The second kappa shape index (κ2) is 4.68. The topological polar surface area (TPSA) is 95.4 Å². The van der Waals surface area contributed by atoms with E-state index in [2.05, 4.69) is 15.5 Å². The van der Waals surface area contributed by atoms with Crippen molar-refractivity contribution >= 4 is 11.4 Å². The summed E-state index contributed by atoms with van der Waals surface area (Å²) in [5.74, 6) is 2.47. The highest BCUT2D eigenvalue weighted by atomic mass is 16.6. The number of nitrogens with one attached hydrogen (secondary N) is 1. The Morgan fingerprint density at radius 2 is 2.00 bits per heavy atom. The van der Waals surface area contributed by atoms with Crippen LogP contribution in [0.4, 0.5) is 11.4 Å². The summed E-state index contributed by atoms with van der Waals surface area (Å²) < 4.78 is 15.9. The lowest BCUT2D eigenvalue weighted by Crippen LogP contribution is -2.16. The Balaban J connectivity index is 1.77. The Kier molecular flexibility index (Phi) is 2.86. The molecule has 19 heavy (non-hydrogen) atoms. The van der Waals surface area contributed by atoms with Crippen LogP contribution in [0.25, 0.3) is 0 Å². The molecule has 1 aliphatic heterocycles. The zero-order valence-corrected chi connectivity index (χ0v) is 10.5. The number of fused-ring (bicyclic) bond motifs is 1. The van der Waals surface area contributed by atoms with Crippen LogP contribution in [0.3, 0.4) is 0 Å². The van der Waals surface area contributed by atoms with Gasteiger partial charge in [0.25, 0.3) is 0 Å². The zero-order chi connectivity index (χ0) is 13.2. The molecule has 3 rings (SSSR count). The third-order valence-corrected chi connectivity index (χ3v) is 2.72. The molecule has 1 aliphatic rings. The van der Waals surface area contributed by atoms with Crippen LogP contribution < -0.4 is 20.5 Å². The number of rotatable bonds is 3. The van der Waals surface area contributed by atoms with Crippen LogP contribution in [0, 0.1) is 6.92 Å². The molecule has 100 valence electrons. The van der Waals surface area contributed by atoms with Crippen molar-refractivity contribution in [2.24, 2.45) is 0 Å². The van der Waals surface area contributed by atoms with Gasteiger partial charge in [-0.2, -0.15) is 4.98 Å². The first-order valence-corrected chi connectivity index (χ1v) is 5.94. The highest BCUT2D eigenvalue weighted by Gasteiger charge is 2.14. The van der Waals surface area contributed by atoms with E-state index in [0.717, 1.165) is 5.69 Å². The van der Waals surface area contributed by atoms with E-state index in [9.17, 15) is 0 Å². The van der Waals surface area contributed by atoms with Crippen molar-refractivity contribution in [3.63, 3.8) is 0 Å². The largest absolute Gasteiger partial charge is 0.486 e. The minimum absolute atomic E-state index is 0.432. The molecule has 7 heteroatoms. The molecule has 0 bridgehead atoms. The quantitative estimate of drug-likeness (QED) is 0.806. The standard InChI is InChI=1S/C12H14N4O3/c1-7-15-12(16-19-7)6-14-9-5-11-10(4-8(9)13)17-2-3-18-11/h4-5,14H,2-3,6,13H2,1H3. The van der Waals surface area contributed by atoms with E-state index in [0.29, 0.717) is 48.7 Å². The van der Waals surface area contributed by atoms with Gasteiger partial charge in [-0.15, -0.1) is 0 Å². The maximum atomic E-state index is 5.95. The van der Waals surface area contributed by atoms with E-state index in [1.165, 1.54) is 0 Å². The summed E-state index contributed by atoms with van der Waals surface area (Å²) in [6, 6.07) is 3.56. The minimum atomic E-state index is 0.432. The molecule has 2 aromatic rings. The predicted octanol–water partition coefficient (Wildman–Crippen LogP) is 1.34. The number of nitrogen functional groups attached to an aromatic ring is 1. The van der Waals surface area contributed by atoms with Crippen LogP contribution in [0.2, 0.25) is 0 Å². The van der Waals surface area contributed by atoms with Gasteiger partial charge in [0.2, 0.25) is 5.89 Å². The van der Waals surface area contributed by atoms with E-state index in [-0.39, 0.29) is 0 Å². The number of hydrogen-bond acceptors (Lipinski definition) is 7. The molecule has 2 heterocycles. The smallest absolute Gasteiger partial charge is 0.223 e. The normalized spacial score (nSPS) is 13.3. The lowest BCUT2D eigenvalue weighted by Gasteiger charge is -2.20. The molecule has 0 saturated carbocycles. The number of benzene rings is 1. The Morgan fingerprint density at radius 3 is 2.68 bits per heavy atom. The zero-order valence-electron chi connectivity index (χ0n) is 10.5. The number of hydrogen-bond donors (Lipinski definition) is 2. The fourth-order valence-electron chi connectivity index (χ4n) is 1.85.